The molecule has 0 N–H and O–H groups in total. The first-order chi connectivity index (χ1) is 10.8. The predicted molar refractivity (Wildman–Crippen MR) is 81.6 cm³/mol. The first kappa shape index (κ1) is 13.8. The summed E-state index contributed by atoms with van der Waals surface area (Å²) in [7, 11) is 0. The third-order valence-corrected chi connectivity index (χ3v) is 3.27. The van der Waals surface area contributed by atoms with Gasteiger partial charge in [0.05, 0.1) is 5.69 Å². The highest BCUT2D eigenvalue weighted by Crippen LogP contribution is 2.17. The largest absolute Gasteiger partial charge is 0.487 e. The molecule has 0 fully saturated rings. The van der Waals surface area contributed by atoms with Gasteiger partial charge in [0.2, 0.25) is 0 Å². The van der Waals surface area contributed by atoms with Crippen LogP contribution in [0.3, 0.4) is 0 Å². The molecule has 1 aromatic heterocycles. The van der Waals surface area contributed by atoms with E-state index in [1.165, 1.54) is 0 Å². The Bertz CT molecular complexity index is 801. The normalized spacial score (nSPS) is 10.2. The van der Waals surface area contributed by atoms with E-state index in [0.29, 0.717) is 5.69 Å². The van der Waals surface area contributed by atoms with Gasteiger partial charge in [-0.3, -0.25) is 0 Å². The average molecular weight is 290 g/mol. The average Bonchev–Trinajstić information content (AvgIpc) is 2.97. The van der Waals surface area contributed by atoms with E-state index in [9.17, 15) is 5.26 Å². The number of benzene rings is 2. The van der Waals surface area contributed by atoms with Crippen molar-refractivity contribution in [3.8, 4) is 17.5 Å². The maximum absolute atomic E-state index is 9.20. The van der Waals surface area contributed by atoms with Crippen LogP contribution >= 0.6 is 0 Å². The lowest BCUT2D eigenvalue weighted by Gasteiger charge is -2.09. The fraction of sp³-hybridized carbons (Fsp3) is 0.118. The number of aryl methyl sites for hydroxylation is 1. The highest BCUT2D eigenvalue weighted by Gasteiger charge is 2.14. The van der Waals surface area contributed by atoms with Crippen molar-refractivity contribution in [3.63, 3.8) is 0 Å². The lowest BCUT2D eigenvalue weighted by atomic mass is 10.2. The number of ether oxygens (including phenoxy) is 1. The van der Waals surface area contributed by atoms with Gasteiger partial charge in [0, 0.05) is 0 Å². The molecule has 0 saturated carbocycles. The molecule has 3 rings (SSSR count). The van der Waals surface area contributed by atoms with Crippen LogP contribution in [0.25, 0.3) is 5.69 Å². The number of para-hydroxylation sites is 1. The molecule has 0 amide bonds. The molecule has 0 spiro atoms. The van der Waals surface area contributed by atoms with Gasteiger partial charge in [-0.2, -0.15) is 5.26 Å². The molecule has 1 heterocycles. The minimum atomic E-state index is 0.230. The first-order valence-corrected chi connectivity index (χ1v) is 6.87. The van der Waals surface area contributed by atoms with Gasteiger partial charge in [0.15, 0.2) is 5.69 Å². The molecule has 5 nitrogen and oxygen atoms in total. The molecule has 3 aromatic rings. The second-order valence-electron chi connectivity index (χ2n) is 4.85. The summed E-state index contributed by atoms with van der Waals surface area (Å²) >= 11 is 0. The topological polar surface area (TPSA) is 63.7 Å². The minimum Gasteiger partial charge on any atom is -0.487 e. The van der Waals surface area contributed by atoms with E-state index in [1.807, 2.05) is 61.5 Å². The van der Waals surface area contributed by atoms with Crippen LogP contribution in [-0.4, -0.2) is 15.0 Å². The van der Waals surface area contributed by atoms with Crippen LogP contribution < -0.4 is 4.74 Å². The maximum Gasteiger partial charge on any atom is 0.189 e. The fourth-order valence-electron chi connectivity index (χ4n) is 2.08. The third-order valence-electron chi connectivity index (χ3n) is 3.27. The Kier molecular flexibility index (Phi) is 3.84. The van der Waals surface area contributed by atoms with Crippen LogP contribution in [-0.2, 0) is 6.61 Å². The zero-order valence-corrected chi connectivity index (χ0v) is 12.1. The van der Waals surface area contributed by atoms with Gasteiger partial charge >= 0.3 is 0 Å². The summed E-state index contributed by atoms with van der Waals surface area (Å²) < 4.78 is 7.37. The number of nitriles is 1. The van der Waals surface area contributed by atoms with Crippen molar-refractivity contribution in [2.45, 2.75) is 13.5 Å². The molecular formula is C17H14N4O. The van der Waals surface area contributed by atoms with Crippen LogP contribution in [0.5, 0.6) is 5.75 Å². The second-order valence-corrected chi connectivity index (χ2v) is 4.85. The predicted octanol–water partition coefficient (Wildman–Crippen LogP) is 3.03. The molecule has 22 heavy (non-hydrogen) atoms. The first-order valence-electron chi connectivity index (χ1n) is 6.87. The zero-order valence-electron chi connectivity index (χ0n) is 12.1. The Morgan fingerprint density at radius 3 is 2.50 bits per heavy atom. The van der Waals surface area contributed by atoms with Gasteiger partial charge in [-0.05, 0) is 31.2 Å². The minimum absolute atomic E-state index is 0.230. The van der Waals surface area contributed by atoms with Crippen LogP contribution in [0, 0.1) is 18.3 Å². The van der Waals surface area contributed by atoms with Crippen molar-refractivity contribution in [3.05, 3.63) is 71.5 Å². The summed E-state index contributed by atoms with van der Waals surface area (Å²) in [6.45, 7) is 2.25. The quantitative estimate of drug-likeness (QED) is 0.741. The molecule has 0 unspecified atom stereocenters. The summed E-state index contributed by atoms with van der Waals surface area (Å²) in [5, 5.41) is 17.2. The van der Waals surface area contributed by atoms with Crippen LogP contribution in [0.4, 0.5) is 0 Å². The summed E-state index contributed by atoms with van der Waals surface area (Å²) in [6.07, 6.45) is 0. The van der Waals surface area contributed by atoms with Gasteiger partial charge in [-0.1, -0.05) is 41.1 Å². The lowest BCUT2D eigenvalue weighted by molar-refractivity contribution is 0.297. The molecule has 0 aliphatic heterocycles. The van der Waals surface area contributed by atoms with E-state index in [2.05, 4.69) is 16.4 Å². The standard InChI is InChI=1S/C17H14N4O/c1-13-7-9-14(10-8-13)21-17(16(11-18)19-20-21)12-22-15-5-3-2-4-6-15/h2-10H,12H2,1H3. The molecule has 0 atom stereocenters. The van der Waals surface area contributed by atoms with Crippen LogP contribution in [0.1, 0.15) is 17.0 Å². The summed E-state index contributed by atoms with van der Waals surface area (Å²) in [5.41, 5.74) is 2.92. The highest BCUT2D eigenvalue weighted by atomic mass is 16.5. The van der Waals surface area contributed by atoms with Crippen molar-refractivity contribution >= 4 is 0 Å². The maximum atomic E-state index is 9.20. The van der Waals surface area contributed by atoms with E-state index in [-0.39, 0.29) is 12.3 Å². The van der Waals surface area contributed by atoms with Crippen LogP contribution in [0.2, 0.25) is 0 Å². The van der Waals surface area contributed by atoms with Crippen molar-refractivity contribution in [2.75, 3.05) is 0 Å². The van der Waals surface area contributed by atoms with Crippen molar-refractivity contribution in [2.24, 2.45) is 0 Å². The summed E-state index contributed by atoms with van der Waals surface area (Å²) in [5.74, 6) is 0.739. The van der Waals surface area contributed by atoms with Crippen molar-refractivity contribution in [1.29, 1.82) is 5.26 Å². The Morgan fingerprint density at radius 2 is 1.82 bits per heavy atom. The molecule has 0 radical (unpaired) electrons. The highest BCUT2D eigenvalue weighted by molar-refractivity contribution is 5.38. The molecule has 0 aliphatic rings. The fourth-order valence-corrected chi connectivity index (χ4v) is 2.08. The Labute approximate surface area is 128 Å². The molecule has 0 saturated heterocycles. The van der Waals surface area contributed by atoms with Gasteiger partial charge in [0.1, 0.15) is 24.1 Å². The number of hydrogen-bond acceptors (Lipinski definition) is 4. The van der Waals surface area contributed by atoms with Crippen LogP contribution in [0.15, 0.2) is 54.6 Å². The van der Waals surface area contributed by atoms with Crippen molar-refractivity contribution < 1.29 is 4.74 Å². The number of aromatic nitrogens is 3. The van der Waals surface area contributed by atoms with Gasteiger partial charge < -0.3 is 4.74 Å². The molecule has 2 aromatic carbocycles. The summed E-state index contributed by atoms with van der Waals surface area (Å²) in [4.78, 5) is 0. The van der Waals surface area contributed by atoms with E-state index in [4.69, 9.17) is 4.74 Å². The molecule has 0 aliphatic carbocycles. The van der Waals surface area contributed by atoms with Gasteiger partial charge in [-0.15, -0.1) is 5.10 Å². The van der Waals surface area contributed by atoms with Gasteiger partial charge in [0.25, 0.3) is 0 Å². The Balaban J connectivity index is 1.91. The number of rotatable bonds is 4. The number of nitrogens with zero attached hydrogens (tertiary/aromatic N) is 4. The Hall–Kier alpha value is -3.13. The summed E-state index contributed by atoms with van der Waals surface area (Å²) in [6, 6.07) is 19.4. The number of hydrogen-bond donors (Lipinski definition) is 0. The second kappa shape index (κ2) is 6.10. The van der Waals surface area contributed by atoms with Crippen molar-refractivity contribution in [1.82, 2.24) is 15.0 Å². The SMILES string of the molecule is Cc1ccc(-n2nnc(C#N)c2COc2ccccc2)cc1. The zero-order chi connectivity index (χ0) is 15.4. The third kappa shape index (κ3) is 2.81. The molecule has 5 heteroatoms. The molecule has 0 bridgehead atoms. The van der Waals surface area contributed by atoms with E-state index >= 15 is 0 Å². The Morgan fingerprint density at radius 1 is 1.09 bits per heavy atom. The molecular weight excluding hydrogens is 276 g/mol. The van der Waals surface area contributed by atoms with E-state index < -0.39 is 0 Å². The van der Waals surface area contributed by atoms with E-state index in [1.54, 1.807) is 4.68 Å². The monoisotopic (exact) mass is 290 g/mol. The smallest absolute Gasteiger partial charge is 0.189 e. The van der Waals surface area contributed by atoms with E-state index in [0.717, 1.165) is 17.0 Å². The van der Waals surface area contributed by atoms with Gasteiger partial charge in [-0.25, -0.2) is 4.68 Å². The lowest BCUT2D eigenvalue weighted by Crippen LogP contribution is -2.07. The molecule has 108 valence electrons.